The molecule has 0 aromatic carbocycles. The molecule has 1 aliphatic carbocycles. The van der Waals surface area contributed by atoms with Crippen molar-refractivity contribution in [2.24, 2.45) is 0 Å². The van der Waals surface area contributed by atoms with Crippen molar-refractivity contribution in [2.75, 3.05) is 26.2 Å². The molecular formula is C12H24N2. The molecule has 1 aliphatic heterocycles. The number of likely N-dealkylation sites (tertiary alicyclic amines) is 1. The van der Waals surface area contributed by atoms with E-state index in [4.69, 9.17) is 0 Å². The highest BCUT2D eigenvalue weighted by atomic mass is 15.2. The maximum atomic E-state index is 2.69. The van der Waals surface area contributed by atoms with Gasteiger partial charge < -0.3 is 4.90 Å². The summed E-state index contributed by atoms with van der Waals surface area (Å²) in [6.45, 7) is 9.95. The molecule has 0 atom stereocenters. The van der Waals surface area contributed by atoms with Gasteiger partial charge in [0.05, 0.1) is 0 Å². The molecular weight excluding hydrogens is 172 g/mol. The third-order valence-corrected chi connectivity index (χ3v) is 3.55. The molecule has 82 valence electrons. The highest BCUT2D eigenvalue weighted by molar-refractivity contribution is 4.86. The normalized spacial score (nSPS) is 24.0. The van der Waals surface area contributed by atoms with Crippen LogP contribution >= 0.6 is 0 Å². The summed E-state index contributed by atoms with van der Waals surface area (Å²) in [5.74, 6) is 0. The second-order valence-electron chi connectivity index (χ2n) is 5.11. The summed E-state index contributed by atoms with van der Waals surface area (Å²) in [6.07, 6.45) is 5.73. The minimum absolute atomic E-state index is 0.741. The van der Waals surface area contributed by atoms with Crippen LogP contribution in [0.2, 0.25) is 0 Å². The molecule has 0 N–H and O–H groups in total. The van der Waals surface area contributed by atoms with Crippen molar-refractivity contribution in [3.05, 3.63) is 0 Å². The highest BCUT2D eigenvalue weighted by Crippen LogP contribution is 2.28. The van der Waals surface area contributed by atoms with Crippen LogP contribution in [0.5, 0.6) is 0 Å². The molecule has 0 spiro atoms. The Hall–Kier alpha value is -0.0800. The summed E-state index contributed by atoms with van der Waals surface area (Å²) in [5, 5.41) is 0. The van der Waals surface area contributed by atoms with Crippen LogP contribution in [-0.2, 0) is 0 Å². The molecule has 0 aromatic heterocycles. The lowest BCUT2D eigenvalue weighted by Crippen LogP contribution is -2.39. The first-order valence-corrected chi connectivity index (χ1v) is 6.25. The van der Waals surface area contributed by atoms with E-state index in [1.165, 1.54) is 51.9 Å². The summed E-state index contributed by atoms with van der Waals surface area (Å²) < 4.78 is 0. The lowest BCUT2D eigenvalue weighted by atomic mass is 10.3. The quantitative estimate of drug-likeness (QED) is 0.663. The fraction of sp³-hybridized carbons (Fsp3) is 1.00. The van der Waals surface area contributed by atoms with Gasteiger partial charge in [0.25, 0.3) is 0 Å². The van der Waals surface area contributed by atoms with E-state index < -0.39 is 0 Å². The Labute approximate surface area is 88.3 Å². The van der Waals surface area contributed by atoms with Gasteiger partial charge >= 0.3 is 0 Å². The maximum Gasteiger partial charge on any atom is 0.0115 e. The average molecular weight is 196 g/mol. The predicted octanol–water partition coefficient (Wildman–Crippen LogP) is 1.96. The zero-order chi connectivity index (χ0) is 9.97. The molecule has 2 rings (SSSR count). The van der Waals surface area contributed by atoms with Crippen molar-refractivity contribution in [3.8, 4) is 0 Å². The molecule has 0 aromatic rings. The van der Waals surface area contributed by atoms with Crippen LogP contribution in [0.3, 0.4) is 0 Å². The third kappa shape index (κ3) is 2.71. The van der Waals surface area contributed by atoms with E-state index in [-0.39, 0.29) is 0 Å². The third-order valence-electron chi connectivity index (χ3n) is 3.55. The monoisotopic (exact) mass is 196 g/mol. The zero-order valence-corrected chi connectivity index (χ0v) is 9.71. The van der Waals surface area contributed by atoms with Crippen LogP contribution in [0.25, 0.3) is 0 Å². The van der Waals surface area contributed by atoms with E-state index in [0.717, 1.165) is 12.1 Å². The SMILES string of the molecule is CC(C)N(CCN1CCCC1)C1CC1. The molecule has 0 bridgehead atoms. The highest BCUT2D eigenvalue weighted by Gasteiger charge is 2.30. The number of hydrogen-bond acceptors (Lipinski definition) is 2. The first-order chi connectivity index (χ1) is 6.77. The molecule has 0 unspecified atom stereocenters. The van der Waals surface area contributed by atoms with E-state index in [2.05, 4.69) is 23.6 Å². The Morgan fingerprint density at radius 2 is 1.86 bits per heavy atom. The molecule has 1 saturated heterocycles. The van der Waals surface area contributed by atoms with E-state index >= 15 is 0 Å². The van der Waals surface area contributed by atoms with Crippen molar-refractivity contribution >= 4 is 0 Å². The van der Waals surface area contributed by atoms with Gasteiger partial charge in [0.15, 0.2) is 0 Å². The number of hydrogen-bond donors (Lipinski definition) is 0. The van der Waals surface area contributed by atoms with Gasteiger partial charge in [-0.05, 0) is 52.6 Å². The molecule has 2 heteroatoms. The molecule has 2 aliphatic rings. The van der Waals surface area contributed by atoms with Crippen molar-refractivity contribution in [1.82, 2.24) is 9.80 Å². The minimum Gasteiger partial charge on any atom is -0.302 e. The summed E-state index contributed by atoms with van der Waals surface area (Å²) in [4.78, 5) is 5.32. The average Bonchev–Trinajstić information content (AvgIpc) is 2.82. The van der Waals surface area contributed by atoms with Crippen LogP contribution in [0.15, 0.2) is 0 Å². The Bertz CT molecular complexity index is 167. The topological polar surface area (TPSA) is 6.48 Å². The number of rotatable bonds is 5. The van der Waals surface area contributed by atoms with Gasteiger partial charge in [-0.25, -0.2) is 0 Å². The summed E-state index contributed by atoms with van der Waals surface area (Å²) in [6, 6.07) is 1.67. The Kier molecular flexibility index (Phi) is 3.45. The Balaban J connectivity index is 1.70. The fourth-order valence-corrected chi connectivity index (χ4v) is 2.53. The first kappa shape index (κ1) is 10.4. The van der Waals surface area contributed by atoms with E-state index in [1.807, 2.05) is 0 Å². The smallest absolute Gasteiger partial charge is 0.0115 e. The van der Waals surface area contributed by atoms with Crippen molar-refractivity contribution in [3.63, 3.8) is 0 Å². The predicted molar refractivity (Wildman–Crippen MR) is 60.5 cm³/mol. The van der Waals surface area contributed by atoms with Gasteiger partial charge in [0.2, 0.25) is 0 Å². The van der Waals surface area contributed by atoms with Gasteiger partial charge in [0.1, 0.15) is 0 Å². The largest absolute Gasteiger partial charge is 0.302 e. The van der Waals surface area contributed by atoms with Gasteiger partial charge in [-0.15, -0.1) is 0 Å². The lowest BCUT2D eigenvalue weighted by molar-refractivity contribution is 0.180. The summed E-state index contributed by atoms with van der Waals surface area (Å²) in [7, 11) is 0. The molecule has 14 heavy (non-hydrogen) atoms. The summed E-state index contributed by atoms with van der Waals surface area (Å²) >= 11 is 0. The number of nitrogens with zero attached hydrogens (tertiary/aromatic N) is 2. The molecule has 0 amide bonds. The van der Waals surface area contributed by atoms with Crippen LogP contribution in [-0.4, -0.2) is 48.1 Å². The molecule has 2 nitrogen and oxygen atoms in total. The lowest BCUT2D eigenvalue weighted by Gasteiger charge is -2.28. The van der Waals surface area contributed by atoms with Gasteiger partial charge in [-0.1, -0.05) is 0 Å². The Morgan fingerprint density at radius 1 is 1.21 bits per heavy atom. The van der Waals surface area contributed by atoms with Crippen LogP contribution in [0.1, 0.15) is 39.5 Å². The van der Waals surface area contributed by atoms with Gasteiger partial charge in [0, 0.05) is 25.2 Å². The standard InChI is InChI=1S/C12H24N2/c1-11(2)14(12-5-6-12)10-9-13-7-3-4-8-13/h11-12H,3-10H2,1-2H3. The minimum atomic E-state index is 0.741. The van der Waals surface area contributed by atoms with Gasteiger partial charge in [-0.2, -0.15) is 0 Å². The zero-order valence-electron chi connectivity index (χ0n) is 9.71. The second kappa shape index (κ2) is 4.63. The van der Waals surface area contributed by atoms with E-state index in [1.54, 1.807) is 0 Å². The summed E-state index contributed by atoms with van der Waals surface area (Å²) in [5.41, 5.74) is 0. The van der Waals surface area contributed by atoms with Crippen LogP contribution in [0.4, 0.5) is 0 Å². The van der Waals surface area contributed by atoms with E-state index in [0.29, 0.717) is 0 Å². The van der Waals surface area contributed by atoms with Crippen molar-refractivity contribution in [2.45, 2.75) is 51.6 Å². The maximum absolute atomic E-state index is 2.69. The van der Waals surface area contributed by atoms with Gasteiger partial charge in [-0.3, -0.25) is 4.90 Å². The first-order valence-electron chi connectivity index (χ1n) is 6.25. The Morgan fingerprint density at radius 3 is 2.36 bits per heavy atom. The van der Waals surface area contributed by atoms with Crippen molar-refractivity contribution < 1.29 is 0 Å². The van der Waals surface area contributed by atoms with Crippen LogP contribution in [0, 0.1) is 0 Å². The van der Waals surface area contributed by atoms with Crippen molar-refractivity contribution in [1.29, 1.82) is 0 Å². The second-order valence-corrected chi connectivity index (χ2v) is 5.11. The van der Waals surface area contributed by atoms with Crippen LogP contribution < -0.4 is 0 Å². The fourth-order valence-electron chi connectivity index (χ4n) is 2.53. The molecule has 2 fully saturated rings. The molecule has 1 heterocycles. The molecule has 0 radical (unpaired) electrons. The molecule has 1 saturated carbocycles. The van der Waals surface area contributed by atoms with E-state index in [9.17, 15) is 0 Å².